The molecule has 170 valence electrons. The molecule has 1 aliphatic carbocycles. The molecule has 0 aliphatic heterocycles. The summed E-state index contributed by atoms with van der Waals surface area (Å²) in [6.07, 6.45) is 13.7. The molecule has 1 aliphatic rings. The minimum Gasteiger partial charge on any atom is -0.290 e. The summed E-state index contributed by atoms with van der Waals surface area (Å²) in [5.74, 6) is 0.724. The maximum absolute atomic E-state index is 4.47. The molecular formula is C25H30N8. The van der Waals surface area contributed by atoms with Gasteiger partial charge < -0.3 is 0 Å². The highest BCUT2D eigenvalue weighted by Gasteiger charge is 2.25. The fourth-order valence-electron chi connectivity index (χ4n) is 3.35. The Bertz CT molecular complexity index is 1390. The molecule has 8 heteroatoms. The van der Waals surface area contributed by atoms with Crippen molar-refractivity contribution in [1.82, 2.24) is 38.9 Å². The van der Waals surface area contributed by atoms with Gasteiger partial charge in [0.2, 0.25) is 0 Å². The van der Waals surface area contributed by atoms with Crippen molar-refractivity contribution in [3.8, 4) is 0 Å². The summed E-state index contributed by atoms with van der Waals surface area (Å²) in [6, 6.07) is 1.87. The van der Waals surface area contributed by atoms with E-state index in [1.54, 1.807) is 23.2 Å². The Hall–Kier alpha value is -3.68. The molecule has 1 saturated carbocycles. The fraction of sp³-hybridized carbons (Fsp3) is 0.360. The van der Waals surface area contributed by atoms with Crippen LogP contribution in [0.5, 0.6) is 0 Å². The molecule has 0 spiro atoms. The molecule has 0 radical (unpaired) electrons. The molecule has 5 aromatic rings. The quantitative estimate of drug-likeness (QED) is 0.375. The largest absolute Gasteiger partial charge is 0.290 e. The Labute approximate surface area is 193 Å². The van der Waals surface area contributed by atoms with E-state index in [4.69, 9.17) is 0 Å². The molecule has 0 amide bonds. The molecule has 1 fully saturated rings. The van der Waals surface area contributed by atoms with Crippen LogP contribution in [0.1, 0.15) is 58.4 Å². The third-order valence-corrected chi connectivity index (χ3v) is 5.99. The van der Waals surface area contributed by atoms with Crippen LogP contribution in [0.15, 0.2) is 43.4 Å². The van der Waals surface area contributed by atoms with Crippen molar-refractivity contribution in [3.63, 3.8) is 0 Å². The van der Waals surface area contributed by atoms with Gasteiger partial charge in [-0.05, 0) is 60.5 Å². The molecule has 0 unspecified atom stereocenters. The van der Waals surface area contributed by atoms with Crippen molar-refractivity contribution in [2.45, 2.75) is 60.3 Å². The first kappa shape index (κ1) is 22.5. The number of nitrogens with zero attached hydrogens (tertiary/aromatic N) is 8. The number of rotatable bonds is 1. The van der Waals surface area contributed by atoms with E-state index in [0.717, 1.165) is 51.1 Å². The minimum absolute atomic E-state index is 0.724. The molecule has 33 heavy (non-hydrogen) atoms. The van der Waals surface area contributed by atoms with Crippen LogP contribution in [-0.4, -0.2) is 38.9 Å². The van der Waals surface area contributed by atoms with Gasteiger partial charge in [-0.3, -0.25) is 14.4 Å². The topological polar surface area (TPSA) is 86.2 Å². The van der Waals surface area contributed by atoms with E-state index < -0.39 is 0 Å². The molecule has 0 aromatic carbocycles. The Balaban J connectivity index is 0.000000118. The zero-order valence-corrected chi connectivity index (χ0v) is 20.1. The van der Waals surface area contributed by atoms with Gasteiger partial charge in [0.15, 0.2) is 5.65 Å². The van der Waals surface area contributed by atoms with Crippen LogP contribution in [0.3, 0.4) is 0 Å². The second-order valence-electron chi connectivity index (χ2n) is 8.45. The van der Waals surface area contributed by atoms with E-state index >= 15 is 0 Å². The number of aromatic nitrogens is 8. The van der Waals surface area contributed by atoms with Crippen LogP contribution in [-0.2, 0) is 0 Å². The third kappa shape index (κ3) is 5.05. The number of fused-ring (bicyclic) bond motifs is 2. The fourth-order valence-corrected chi connectivity index (χ4v) is 3.35. The molecule has 0 atom stereocenters. The van der Waals surface area contributed by atoms with Crippen molar-refractivity contribution in [2.24, 2.45) is 0 Å². The summed E-state index contributed by atoms with van der Waals surface area (Å²) in [5, 5.41) is 4.27. The lowest BCUT2D eigenvalue weighted by atomic mass is 10.3. The Kier molecular flexibility index (Phi) is 6.44. The zero-order valence-electron chi connectivity index (χ0n) is 20.1. The van der Waals surface area contributed by atoms with Crippen molar-refractivity contribution in [1.29, 1.82) is 0 Å². The molecule has 6 rings (SSSR count). The number of hydrogen-bond donors (Lipinski definition) is 0. The molecule has 0 N–H and O–H groups in total. The van der Waals surface area contributed by atoms with Gasteiger partial charge in [0.25, 0.3) is 0 Å². The molecular weight excluding hydrogens is 412 g/mol. The van der Waals surface area contributed by atoms with Crippen LogP contribution in [0.2, 0.25) is 0 Å². The van der Waals surface area contributed by atoms with Crippen LogP contribution in [0.4, 0.5) is 0 Å². The summed E-state index contributed by atoms with van der Waals surface area (Å²) < 4.78 is 3.72. The van der Waals surface area contributed by atoms with Gasteiger partial charge in [-0.2, -0.15) is 5.10 Å². The van der Waals surface area contributed by atoms with E-state index in [1.807, 2.05) is 70.6 Å². The second-order valence-corrected chi connectivity index (χ2v) is 8.45. The van der Waals surface area contributed by atoms with Crippen LogP contribution in [0.25, 0.3) is 11.3 Å². The monoisotopic (exact) mass is 442 g/mol. The first-order valence-electron chi connectivity index (χ1n) is 11.2. The summed E-state index contributed by atoms with van der Waals surface area (Å²) in [4.78, 5) is 21.4. The van der Waals surface area contributed by atoms with E-state index in [9.17, 15) is 0 Å². The SMILES string of the molecule is Cc1ncc(C2CC2)nc1C.Cc1ncn2ccnc2c1C.Cc1nn2cccnc2c1C. The Morgan fingerprint density at radius 1 is 0.727 bits per heavy atom. The highest BCUT2D eigenvalue weighted by Crippen LogP contribution is 2.38. The van der Waals surface area contributed by atoms with Crippen molar-refractivity contribution >= 4 is 11.3 Å². The first-order valence-corrected chi connectivity index (χ1v) is 11.2. The normalized spacial score (nSPS) is 12.8. The minimum atomic E-state index is 0.724. The summed E-state index contributed by atoms with van der Waals surface area (Å²) >= 11 is 0. The summed E-state index contributed by atoms with van der Waals surface area (Å²) in [5.41, 5.74) is 9.66. The highest BCUT2D eigenvalue weighted by atomic mass is 15.2. The molecule has 0 bridgehead atoms. The van der Waals surface area contributed by atoms with E-state index in [2.05, 4.69) is 30.0 Å². The van der Waals surface area contributed by atoms with Gasteiger partial charge in [0.1, 0.15) is 12.0 Å². The van der Waals surface area contributed by atoms with Crippen molar-refractivity contribution in [3.05, 3.63) is 83.0 Å². The Morgan fingerprint density at radius 3 is 2.15 bits per heavy atom. The smallest absolute Gasteiger partial charge is 0.158 e. The average molecular weight is 443 g/mol. The second kappa shape index (κ2) is 9.44. The van der Waals surface area contributed by atoms with E-state index in [1.165, 1.54) is 18.5 Å². The first-order chi connectivity index (χ1) is 15.8. The maximum atomic E-state index is 4.47. The Morgan fingerprint density at radius 2 is 1.45 bits per heavy atom. The molecule has 0 saturated heterocycles. The van der Waals surface area contributed by atoms with Gasteiger partial charge in [0.05, 0.1) is 22.8 Å². The molecule has 8 nitrogen and oxygen atoms in total. The van der Waals surface area contributed by atoms with Crippen molar-refractivity contribution in [2.75, 3.05) is 0 Å². The standard InChI is InChI=1S/C9H12N2.2C8H9N3/c1-6-7(2)11-9(5-10-6)8-3-4-8;1-6-7(2)10-5-11-4-3-9-8(6)11;1-6-7(2)10-11-5-3-4-9-8(6)11/h5,8H,3-4H2,1-2H3;2*3-5H,1-2H3. The molecule has 5 heterocycles. The summed E-state index contributed by atoms with van der Waals surface area (Å²) in [7, 11) is 0. The lowest BCUT2D eigenvalue weighted by molar-refractivity contribution is 0.917. The van der Waals surface area contributed by atoms with Crippen LogP contribution < -0.4 is 0 Å². The average Bonchev–Trinajstić information content (AvgIpc) is 3.48. The zero-order chi connectivity index (χ0) is 23.5. The van der Waals surface area contributed by atoms with Crippen LogP contribution >= 0.6 is 0 Å². The molecule has 5 aromatic heterocycles. The van der Waals surface area contributed by atoms with Gasteiger partial charge in [-0.25, -0.2) is 19.5 Å². The number of aryl methyl sites for hydroxylation is 6. The number of imidazole rings is 1. The van der Waals surface area contributed by atoms with E-state index in [-0.39, 0.29) is 0 Å². The maximum Gasteiger partial charge on any atom is 0.158 e. The van der Waals surface area contributed by atoms with E-state index in [0.29, 0.717) is 0 Å². The summed E-state index contributed by atoms with van der Waals surface area (Å²) in [6.45, 7) is 12.1. The lowest BCUT2D eigenvalue weighted by Gasteiger charge is -2.00. The van der Waals surface area contributed by atoms with Gasteiger partial charge in [0, 0.05) is 53.7 Å². The lowest BCUT2D eigenvalue weighted by Crippen LogP contribution is -1.95. The van der Waals surface area contributed by atoms with Gasteiger partial charge in [-0.15, -0.1) is 0 Å². The highest BCUT2D eigenvalue weighted by molar-refractivity contribution is 5.48. The van der Waals surface area contributed by atoms with Gasteiger partial charge in [-0.1, -0.05) is 0 Å². The number of hydrogen-bond acceptors (Lipinski definition) is 6. The predicted molar refractivity (Wildman–Crippen MR) is 128 cm³/mol. The van der Waals surface area contributed by atoms with Gasteiger partial charge >= 0.3 is 0 Å². The third-order valence-electron chi connectivity index (χ3n) is 5.99. The van der Waals surface area contributed by atoms with Crippen LogP contribution in [0, 0.1) is 41.5 Å². The predicted octanol–water partition coefficient (Wildman–Crippen LogP) is 4.66. The van der Waals surface area contributed by atoms with Crippen molar-refractivity contribution < 1.29 is 0 Å².